The van der Waals surface area contributed by atoms with E-state index in [2.05, 4.69) is 10.6 Å². The van der Waals surface area contributed by atoms with Gasteiger partial charge in [-0.15, -0.1) is 0 Å². The second kappa shape index (κ2) is 12.8. The first-order valence-electron chi connectivity index (χ1n) is 9.60. The molecule has 2 aromatic carbocycles. The van der Waals surface area contributed by atoms with Gasteiger partial charge in [0.15, 0.2) is 16.6 Å². The minimum absolute atomic E-state index is 0.0231. The average Bonchev–Trinajstić information content (AvgIpc) is 2.77. The molecular formula is C22H25ClN2O5S. The predicted octanol–water partition coefficient (Wildman–Crippen LogP) is 3.41. The van der Waals surface area contributed by atoms with Crippen LogP contribution in [0.4, 0.5) is 0 Å². The van der Waals surface area contributed by atoms with Gasteiger partial charge in [-0.1, -0.05) is 41.9 Å². The van der Waals surface area contributed by atoms with Gasteiger partial charge in [-0.05, 0) is 29.4 Å². The van der Waals surface area contributed by atoms with Gasteiger partial charge < -0.3 is 24.8 Å². The second-order valence-corrected chi connectivity index (χ2v) is 7.30. The Kier molecular flexibility index (Phi) is 10.1. The Bertz CT molecular complexity index is 908. The van der Waals surface area contributed by atoms with Crippen LogP contribution < -0.4 is 20.1 Å². The summed E-state index contributed by atoms with van der Waals surface area (Å²) in [6.07, 6.45) is 0.583. The van der Waals surface area contributed by atoms with Gasteiger partial charge in [0.05, 0.1) is 27.2 Å². The first kappa shape index (κ1) is 24.4. The highest BCUT2D eigenvalue weighted by Crippen LogP contribution is 2.32. The zero-order chi connectivity index (χ0) is 22.6. The molecule has 0 aliphatic rings. The van der Waals surface area contributed by atoms with Gasteiger partial charge in [0.1, 0.15) is 0 Å². The number of amides is 1. The van der Waals surface area contributed by atoms with Crippen LogP contribution in [0.5, 0.6) is 11.5 Å². The maximum absolute atomic E-state index is 12.0. The Morgan fingerprint density at radius 3 is 2.39 bits per heavy atom. The smallest absolute Gasteiger partial charge is 0.306 e. The van der Waals surface area contributed by atoms with Crippen LogP contribution in [-0.4, -0.2) is 37.8 Å². The number of halogens is 1. The highest BCUT2D eigenvalue weighted by atomic mass is 35.5. The van der Waals surface area contributed by atoms with Crippen LogP contribution >= 0.6 is 23.8 Å². The first-order valence-corrected chi connectivity index (χ1v) is 10.4. The quantitative estimate of drug-likeness (QED) is 0.411. The van der Waals surface area contributed by atoms with Crippen molar-refractivity contribution < 1.29 is 23.8 Å². The van der Waals surface area contributed by atoms with Crippen molar-refractivity contribution in [3.63, 3.8) is 0 Å². The Labute approximate surface area is 192 Å². The Hall–Kier alpha value is -2.84. The molecule has 0 saturated heterocycles. The van der Waals surface area contributed by atoms with Crippen LogP contribution in [-0.2, 0) is 27.3 Å². The van der Waals surface area contributed by atoms with E-state index < -0.39 is 5.97 Å². The van der Waals surface area contributed by atoms with E-state index in [1.165, 1.54) is 14.2 Å². The average molecular weight is 465 g/mol. The summed E-state index contributed by atoms with van der Waals surface area (Å²) in [6.45, 7) is 0.552. The third-order valence-corrected chi connectivity index (χ3v) is 4.90. The fourth-order valence-corrected chi connectivity index (χ4v) is 3.06. The van der Waals surface area contributed by atoms with Crippen molar-refractivity contribution in [3.05, 3.63) is 58.6 Å². The highest BCUT2D eigenvalue weighted by Gasteiger charge is 2.12. The number of methoxy groups -OCH3 is 2. The van der Waals surface area contributed by atoms with Crippen LogP contribution in [0.3, 0.4) is 0 Å². The topological polar surface area (TPSA) is 85.9 Å². The summed E-state index contributed by atoms with van der Waals surface area (Å²) in [5, 5.41) is 6.04. The van der Waals surface area contributed by atoms with E-state index in [4.69, 9.17) is 38.0 Å². The molecule has 2 rings (SSSR count). The molecule has 0 heterocycles. The van der Waals surface area contributed by atoms with Gasteiger partial charge in [-0.25, -0.2) is 0 Å². The van der Waals surface area contributed by atoms with Gasteiger partial charge in [0.25, 0.3) is 0 Å². The predicted molar refractivity (Wildman–Crippen MR) is 122 cm³/mol. The molecule has 0 aromatic heterocycles. The molecule has 2 aromatic rings. The van der Waals surface area contributed by atoms with Crippen LogP contribution in [0.1, 0.15) is 24.0 Å². The minimum Gasteiger partial charge on any atom is -0.493 e. The number of ether oxygens (including phenoxy) is 3. The molecule has 0 fully saturated rings. The minimum atomic E-state index is -0.429. The van der Waals surface area contributed by atoms with E-state index in [0.717, 1.165) is 11.1 Å². The standard InChI is InChI=1S/C22H25ClN2O5S/c1-28-18-12-16(17(23)13-19(18)29-2)14-24-22(31)25-20(26)8-9-21(27)30-11-10-15-6-4-3-5-7-15/h3-7,12-13H,8-11,14H2,1-2H3,(H2,24,25,26,31). The Morgan fingerprint density at radius 1 is 1.03 bits per heavy atom. The summed E-state index contributed by atoms with van der Waals surface area (Å²) in [5.41, 5.74) is 1.80. The lowest BCUT2D eigenvalue weighted by atomic mass is 10.2. The van der Waals surface area contributed by atoms with Crippen molar-refractivity contribution in [3.8, 4) is 11.5 Å². The van der Waals surface area contributed by atoms with Crippen molar-refractivity contribution in [2.24, 2.45) is 0 Å². The fraction of sp³-hybridized carbons (Fsp3) is 0.318. The summed E-state index contributed by atoms with van der Waals surface area (Å²) in [6, 6.07) is 13.1. The number of benzene rings is 2. The monoisotopic (exact) mass is 464 g/mol. The van der Waals surface area contributed by atoms with Crippen molar-refractivity contribution in [2.45, 2.75) is 25.8 Å². The highest BCUT2D eigenvalue weighted by molar-refractivity contribution is 7.80. The number of rotatable bonds is 10. The first-order chi connectivity index (χ1) is 14.9. The van der Waals surface area contributed by atoms with E-state index in [1.807, 2.05) is 30.3 Å². The molecular weight excluding hydrogens is 440 g/mol. The number of nitrogens with one attached hydrogen (secondary N) is 2. The van der Waals surface area contributed by atoms with Crippen LogP contribution in [0.2, 0.25) is 5.02 Å². The van der Waals surface area contributed by atoms with Crippen molar-refractivity contribution in [1.82, 2.24) is 10.6 Å². The van der Waals surface area contributed by atoms with Gasteiger partial charge >= 0.3 is 5.97 Å². The lowest BCUT2D eigenvalue weighted by molar-refractivity contribution is -0.144. The van der Waals surface area contributed by atoms with Crippen molar-refractivity contribution >= 4 is 40.8 Å². The number of hydrogen-bond acceptors (Lipinski definition) is 6. The molecule has 0 bridgehead atoms. The molecule has 2 N–H and O–H groups in total. The maximum atomic E-state index is 12.0. The summed E-state index contributed by atoms with van der Waals surface area (Å²) >= 11 is 11.4. The zero-order valence-corrected chi connectivity index (χ0v) is 19.0. The Morgan fingerprint density at radius 2 is 1.71 bits per heavy atom. The molecule has 0 spiro atoms. The lowest BCUT2D eigenvalue weighted by Gasteiger charge is -2.13. The lowest BCUT2D eigenvalue weighted by Crippen LogP contribution is -2.39. The number of esters is 1. The summed E-state index contributed by atoms with van der Waals surface area (Å²) < 4.78 is 15.6. The van der Waals surface area contributed by atoms with E-state index in [9.17, 15) is 9.59 Å². The second-order valence-electron chi connectivity index (χ2n) is 6.49. The molecule has 9 heteroatoms. The van der Waals surface area contributed by atoms with E-state index >= 15 is 0 Å². The third-order valence-electron chi connectivity index (χ3n) is 4.30. The molecule has 0 saturated carbocycles. The molecule has 0 unspecified atom stereocenters. The largest absolute Gasteiger partial charge is 0.493 e. The Balaban J connectivity index is 1.69. The molecule has 0 radical (unpaired) electrons. The number of thiocarbonyl (C=S) groups is 1. The van der Waals surface area contributed by atoms with Gasteiger partial charge in [-0.2, -0.15) is 0 Å². The van der Waals surface area contributed by atoms with Crippen LogP contribution in [0.15, 0.2) is 42.5 Å². The SMILES string of the molecule is COc1cc(Cl)c(CNC(=S)NC(=O)CCC(=O)OCCc2ccccc2)cc1OC. The molecule has 0 atom stereocenters. The molecule has 7 nitrogen and oxygen atoms in total. The third kappa shape index (κ3) is 8.43. The molecule has 166 valence electrons. The van der Waals surface area contributed by atoms with Gasteiger partial charge in [0.2, 0.25) is 5.91 Å². The van der Waals surface area contributed by atoms with Crippen molar-refractivity contribution in [1.29, 1.82) is 0 Å². The molecule has 0 aliphatic carbocycles. The fourth-order valence-electron chi connectivity index (χ4n) is 2.66. The van der Waals surface area contributed by atoms with E-state index in [1.54, 1.807) is 12.1 Å². The summed E-state index contributed by atoms with van der Waals surface area (Å²) in [4.78, 5) is 23.8. The number of carbonyl (C=O) groups excluding carboxylic acids is 2. The summed E-state index contributed by atoms with van der Waals surface area (Å²) in [5.74, 6) is 0.241. The number of hydrogen-bond donors (Lipinski definition) is 2. The normalized spacial score (nSPS) is 10.2. The van der Waals surface area contributed by atoms with Crippen LogP contribution in [0.25, 0.3) is 0 Å². The molecule has 0 aliphatic heterocycles. The van der Waals surface area contributed by atoms with E-state index in [-0.39, 0.29) is 37.0 Å². The number of carbonyl (C=O) groups is 2. The van der Waals surface area contributed by atoms with Gasteiger partial charge in [0, 0.05) is 30.5 Å². The van der Waals surface area contributed by atoms with Crippen molar-refractivity contribution in [2.75, 3.05) is 20.8 Å². The zero-order valence-electron chi connectivity index (χ0n) is 17.4. The molecule has 31 heavy (non-hydrogen) atoms. The van der Waals surface area contributed by atoms with Gasteiger partial charge in [-0.3, -0.25) is 9.59 Å². The van der Waals surface area contributed by atoms with Crippen LogP contribution in [0, 0.1) is 0 Å². The molecule has 1 amide bonds. The van der Waals surface area contributed by atoms with E-state index in [0.29, 0.717) is 22.9 Å². The maximum Gasteiger partial charge on any atom is 0.306 e. The summed E-state index contributed by atoms with van der Waals surface area (Å²) in [7, 11) is 3.05.